The third-order valence-corrected chi connectivity index (χ3v) is 2.87. The molecule has 0 heterocycles. The van der Waals surface area contributed by atoms with Gasteiger partial charge in [0.05, 0.1) is 5.56 Å². The van der Waals surface area contributed by atoms with Gasteiger partial charge in [0.1, 0.15) is 6.04 Å². The minimum atomic E-state index is -4.44. The van der Waals surface area contributed by atoms with E-state index in [0.717, 1.165) is 6.07 Å². The summed E-state index contributed by atoms with van der Waals surface area (Å²) in [5, 5.41) is 11.7. The summed E-state index contributed by atoms with van der Waals surface area (Å²) in [5.74, 6) is -0.912. The second-order valence-electron chi connectivity index (χ2n) is 5.06. The number of hydrogen-bond donors (Lipinski definition) is 2. The maximum Gasteiger partial charge on any atom is 0.416 e. The summed E-state index contributed by atoms with van der Waals surface area (Å²) in [6, 6.07) is 4.31. The Kier molecular flexibility index (Phi) is 5.56. The molecular formula is C14H18F3NO2. The quantitative estimate of drug-likeness (QED) is 0.845. The molecule has 6 heteroatoms. The average molecular weight is 289 g/mol. The van der Waals surface area contributed by atoms with Gasteiger partial charge in [-0.25, -0.2) is 0 Å². The van der Waals surface area contributed by atoms with Crippen LogP contribution >= 0.6 is 0 Å². The molecule has 0 fully saturated rings. The van der Waals surface area contributed by atoms with Crippen LogP contribution in [0.25, 0.3) is 0 Å². The van der Waals surface area contributed by atoms with E-state index in [0.29, 0.717) is 6.42 Å². The summed E-state index contributed by atoms with van der Waals surface area (Å²) >= 11 is 0. The Balaban J connectivity index is 2.81. The fraction of sp³-hybridized carbons (Fsp3) is 0.500. The average Bonchev–Trinajstić information content (AvgIpc) is 2.33. The smallest absolute Gasteiger partial charge is 0.416 e. The predicted octanol–water partition coefficient (Wildman–Crippen LogP) is 3.29. The highest BCUT2D eigenvalue weighted by Gasteiger charge is 2.33. The van der Waals surface area contributed by atoms with E-state index in [9.17, 15) is 18.0 Å². The van der Waals surface area contributed by atoms with Crippen LogP contribution in [-0.4, -0.2) is 17.1 Å². The number of halogens is 3. The van der Waals surface area contributed by atoms with Gasteiger partial charge in [0, 0.05) is 6.54 Å². The number of carbonyl (C=O) groups is 1. The minimum Gasteiger partial charge on any atom is -0.480 e. The zero-order chi connectivity index (χ0) is 15.3. The molecule has 0 amide bonds. The van der Waals surface area contributed by atoms with Crippen molar-refractivity contribution < 1.29 is 23.1 Å². The molecule has 20 heavy (non-hydrogen) atoms. The lowest BCUT2D eigenvalue weighted by molar-refractivity contribution is -0.140. The molecule has 0 unspecified atom stereocenters. The fourth-order valence-corrected chi connectivity index (χ4v) is 1.93. The molecule has 0 saturated carbocycles. The Morgan fingerprint density at radius 2 is 1.90 bits per heavy atom. The molecule has 0 bridgehead atoms. The number of carboxylic acid groups (broad SMARTS) is 1. The highest BCUT2D eigenvalue weighted by molar-refractivity contribution is 5.73. The molecular weight excluding hydrogens is 271 g/mol. The lowest BCUT2D eigenvalue weighted by atomic mass is 10.0. The first-order valence-corrected chi connectivity index (χ1v) is 6.33. The van der Waals surface area contributed by atoms with Crippen LogP contribution in [0.5, 0.6) is 0 Å². The molecule has 1 rings (SSSR count). The largest absolute Gasteiger partial charge is 0.480 e. The van der Waals surface area contributed by atoms with Gasteiger partial charge in [0.25, 0.3) is 0 Å². The SMILES string of the molecule is CC(C)C[C@H](NCc1ccccc1C(F)(F)F)C(=O)O. The number of hydrogen-bond acceptors (Lipinski definition) is 2. The van der Waals surface area contributed by atoms with E-state index < -0.39 is 23.8 Å². The number of aliphatic carboxylic acids is 1. The van der Waals surface area contributed by atoms with Gasteiger partial charge in [-0.2, -0.15) is 13.2 Å². The number of benzene rings is 1. The van der Waals surface area contributed by atoms with Crippen molar-refractivity contribution in [1.82, 2.24) is 5.32 Å². The summed E-state index contributed by atoms with van der Waals surface area (Å²) < 4.78 is 38.4. The highest BCUT2D eigenvalue weighted by atomic mass is 19.4. The van der Waals surface area contributed by atoms with E-state index in [1.807, 2.05) is 13.8 Å². The second kappa shape index (κ2) is 6.74. The van der Waals surface area contributed by atoms with Crippen LogP contribution in [0.3, 0.4) is 0 Å². The van der Waals surface area contributed by atoms with E-state index in [4.69, 9.17) is 5.11 Å². The third-order valence-electron chi connectivity index (χ3n) is 2.87. The van der Waals surface area contributed by atoms with Crippen molar-refractivity contribution in [3.63, 3.8) is 0 Å². The minimum absolute atomic E-state index is 0.0509. The molecule has 0 spiro atoms. The highest BCUT2D eigenvalue weighted by Crippen LogP contribution is 2.31. The molecule has 1 atom stereocenters. The molecule has 0 aliphatic heterocycles. The molecule has 0 radical (unpaired) electrons. The Morgan fingerprint density at radius 3 is 2.40 bits per heavy atom. The molecule has 0 saturated heterocycles. The van der Waals surface area contributed by atoms with E-state index in [2.05, 4.69) is 5.32 Å². The number of rotatable bonds is 6. The number of alkyl halides is 3. The molecule has 1 aromatic carbocycles. The Labute approximate surface area is 115 Å². The van der Waals surface area contributed by atoms with Crippen LogP contribution in [-0.2, 0) is 17.5 Å². The number of nitrogens with one attached hydrogen (secondary N) is 1. The van der Waals surface area contributed by atoms with Crippen molar-refractivity contribution in [2.75, 3.05) is 0 Å². The van der Waals surface area contributed by atoms with Crippen LogP contribution < -0.4 is 5.32 Å². The molecule has 0 aromatic heterocycles. The maximum atomic E-state index is 12.8. The normalized spacial score (nSPS) is 13.5. The zero-order valence-electron chi connectivity index (χ0n) is 11.4. The summed E-state index contributed by atoms with van der Waals surface area (Å²) in [7, 11) is 0. The van der Waals surface area contributed by atoms with Gasteiger partial charge >= 0.3 is 12.1 Å². The van der Waals surface area contributed by atoms with Gasteiger partial charge in [0.15, 0.2) is 0 Å². The monoisotopic (exact) mass is 289 g/mol. The van der Waals surface area contributed by atoms with Crippen LogP contribution in [0.4, 0.5) is 13.2 Å². The molecule has 3 nitrogen and oxygen atoms in total. The first-order chi connectivity index (χ1) is 9.21. The summed E-state index contributed by atoms with van der Waals surface area (Å²) in [4.78, 5) is 11.1. The van der Waals surface area contributed by atoms with Crippen LogP contribution in [0, 0.1) is 5.92 Å². The van der Waals surface area contributed by atoms with E-state index in [1.165, 1.54) is 18.2 Å². The third kappa shape index (κ3) is 4.85. The Morgan fingerprint density at radius 1 is 1.30 bits per heavy atom. The van der Waals surface area contributed by atoms with Crippen LogP contribution in [0.2, 0.25) is 0 Å². The van der Waals surface area contributed by atoms with Crippen LogP contribution in [0.15, 0.2) is 24.3 Å². The summed E-state index contributed by atoms with van der Waals surface area (Å²) in [6.45, 7) is 3.60. The van der Waals surface area contributed by atoms with E-state index >= 15 is 0 Å². The van der Waals surface area contributed by atoms with Crippen molar-refractivity contribution in [3.8, 4) is 0 Å². The van der Waals surface area contributed by atoms with Crippen molar-refractivity contribution in [2.24, 2.45) is 5.92 Å². The van der Waals surface area contributed by atoms with Gasteiger partial charge < -0.3 is 10.4 Å². The Hall–Kier alpha value is -1.56. The van der Waals surface area contributed by atoms with Crippen LogP contribution in [0.1, 0.15) is 31.4 Å². The summed E-state index contributed by atoms with van der Waals surface area (Å²) in [5.41, 5.74) is -0.684. The van der Waals surface area contributed by atoms with Crippen molar-refractivity contribution in [1.29, 1.82) is 0 Å². The Bertz CT molecular complexity index is 458. The number of carboxylic acids is 1. The van der Waals surface area contributed by atoms with Crippen molar-refractivity contribution in [2.45, 2.75) is 39.0 Å². The van der Waals surface area contributed by atoms with Gasteiger partial charge in [-0.1, -0.05) is 32.0 Å². The molecule has 1 aromatic rings. The standard InChI is InChI=1S/C14H18F3NO2/c1-9(2)7-12(13(19)20)18-8-10-5-3-4-6-11(10)14(15,16)17/h3-6,9,12,18H,7-8H2,1-2H3,(H,19,20)/t12-/m0/s1. The molecule has 112 valence electrons. The zero-order valence-corrected chi connectivity index (χ0v) is 11.4. The van der Waals surface area contributed by atoms with Gasteiger partial charge in [0.2, 0.25) is 0 Å². The second-order valence-corrected chi connectivity index (χ2v) is 5.06. The molecule has 0 aliphatic rings. The maximum absolute atomic E-state index is 12.8. The van der Waals surface area contributed by atoms with Gasteiger partial charge in [-0.3, -0.25) is 4.79 Å². The molecule has 0 aliphatic carbocycles. The first kappa shape index (κ1) is 16.5. The van der Waals surface area contributed by atoms with Gasteiger partial charge in [-0.15, -0.1) is 0 Å². The van der Waals surface area contributed by atoms with E-state index in [-0.39, 0.29) is 18.0 Å². The lowest BCUT2D eigenvalue weighted by Crippen LogP contribution is -2.37. The van der Waals surface area contributed by atoms with Gasteiger partial charge in [-0.05, 0) is 24.0 Å². The van der Waals surface area contributed by atoms with Crippen molar-refractivity contribution >= 4 is 5.97 Å². The fourth-order valence-electron chi connectivity index (χ4n) is 1.93. The van der Waals surface area contributed by atoms with Crippen molar-refractivity contribution in [3.05, 3.63) is 35.4 Å². The first-order valence-electron chi connectivity index (χ1n) is 6.33. The van der Waals surface area contributed by atoms with E-state index in [1.54, 1.807) is 0 Å². The lowest BCUT2D eigenvalue weighted by Gasteiger charge is -2.18. The topological polar surface area (TPSA) is 49.3 Å². The molecule has 2 N–H and O–H groups in total. The predicted molar refractivity (Wildman–Crippen MR) is 69.2 cm³/mol. The summed E-state index contributed by atoms with van der Waals surface area (Å²) in [6.07, 6.45) is -4.07.